The van der Waals surface area contributed by atoms with Crippen molar-refractivity contribution in [2.24, 2.45) is 0 Å². The summed E-state index contributed by atoms with van der Waals surface area (Å²) in [5.74, 6) is -1.23. The number of benzene rings is 1. The van der Waals surface area contributed by atoms with Crippen LogP contribution in [0.25, 0.3) is 0 Å². The van der Waals surface area contributed by atoms with Crippen molar-refractivity contribution in [2.45, 2.75) is 19.4 Å². The Morgan fingerprint density at radius 2 is 2.00 bits per heavy atom. The molecule has 0 aromatic heterocycles. The Balaban J connectivity index is 2.26. The van der Waals surface area contributed by atoms with Crippen LogP contribution >= 0.6 is 24.0 Å². The molecule has 0 aliphatic heterocycles. The lowest BCUT2D eigenvalue weighted by atomic mass is 10.2. The van der Waals surface area contributed by atoms with Crippen LogP contribution in [0, 0.1) is 0 Å². The van der Waals surface area contributed by atoms with Gasteiger partial charge >= 0.3 is 5.97 Å². The van der Waals surface area contributed by atoms with Gasteiger partial charge in [0.05, 0.1) is 0 Å². The summed E-state index contributed by atoms with van der Waals surface area (Å²) < 4.78 is 0.530. The molecule has 0 saturated carbocycles. The number of thioether (sulfide) groups is 1. The highest BCUT2D eigenvalue weighted by Crippen LogP contribution is 2.06. The molecule has 1 rings (SSSR count). The maximum Gasteiger partial charge on any atom is 0.327 e. The zero-order valence-corrected chi connectivity index (χ0v) is 13.3. The predicted octanol–water partition coefficient (Wildman–Crippen LogP) is 1.43. The van der Waals surface area contributed by atoms with Crippen LogP contribution < -0.4 is 10.6 Å². The van der Waals surface area contributed by atoms with Crippen molar-refractivity contribution in [3.8, 4) is 0 Å². The number of aliphatic carboxylic acids is 1. The van der Waals surface area contributed by atoms with Crippen molar-refractivity contribution in [1.82, 2.24) is 10.6 Å². The van der Waals surface area contributed by atoms with Gasteiger partial charge in [-0.3, -0.25) is 4.79 Å². The summed E-state index contributed by atoms with van der Waals surface area (Å²) >= 11 is 6.35. The highest BCUT2D eigenvalue weighted by atomic mass is 32.2. The summed E-state index contributed by atoms with van der Waals surface area (Å²) in [5, 5.41) is 14.4. The van der Waals surface area contributed by atoms with Crippen LogP contribution in [0.1, 0.15) is 12.5 Å². The Morgan fingerprint density at radius 3 is 2.57 bits per heavy atom. The maximum atomic E-state index is 11.0. The molecule has 21 heavy (non-hydrogen) atoms. The molecule has 1 amide bonds. The van der Waals surface area contributed by atoms with E-state index in [0.29, 0.717) is 10.9 Å². The first-order chi connectivity index (χ1) is 9.99. The Morgan fingerprint density at radius 1 is 1.33 bits per heavy atom. The van der Waals surface area contributed by atoms with E-state index in [0.717, 1.165) is 6.42 Å². The van der Waals surface area contributed by atoms with Crippen LogP contribution in [0.15, 0.2) is 30.3 Å². The van der Waals surface area contributed by atoms with E-state index in [4.69, 9.17) is 17.3 Å². The van der Waals surface area contributed by atoms with Gasteiger partial charge in [0.25, 0.3) is 0 Å². The van der Waals surface area contributed by atoms with E-state index in [-0.39, 0.29) is 11.7 Å². The molecule has 5 nitrogen and oxygen atoms in total. The fourth-order valence-electron chi connectivity index (χ4n) is 1.58. The molecule has 1 aromatic carbocycles. The molecule has 0 aliphatic rings. The molecular formula is C14H18N2O3S2. The fraction of sp³-hybridized carbons (Fsp3) is 0.357. The summed E-state index contributed by atoms with van der Waals surface area (Å²) in [4.78, 5) is 21.9. The summed E-state index contributed by atoms with van der Waals surface area (Å²) in [5.41, 5.74) is 1.21. The Bertz CT molecular complexity index is 494. The Hall–Kier alpha value is -1.60. The van der Waals surface area contributed by atoms with Crippen LogP contribution in [-0.2, 0) is 16.0 Å². The number of hydrogen-bond donors (Lipinski definition) is 3. The lowest BCUT2D eigenvalue weighted by Crippen LogP contribution is -2.42. The van der Waals surface area contributed by atoms with Crippen LogP contribution in [0.5, 0.6) is 0 Å². The number of nitrogens with one attached hydrogen (secondary N) is 2. The highest BCUT2D eigenvalue weighted by molar-refractivity contribution is 8.23. The quantitative estimate of drug-likeness (QED) is 0.658. The van der Waals surface area contributed by atoms with Gasteiger partial charge in [-0.25, -0.2) is 4.79 Å². The summed E-state index contributed by atoms with van der Waals surface area (Å²) in [6, 6.07) is 9.07. The van der Waals surface area contributed by atoms with Gasteiger partial charge in [0, 0.05) is 19.2 Å². The van der Waals surface area contributed by atoms with E-state index in [9.17, 15) is 9.59 Å². The normalized spacial score (nSPS) is 11.5. The first-order valence-electron chi connectivity index (χ1n) is 6.43. The smallest absolute Gasteiger partial charge is 0.327 e. The Kier molecular flexibility index (Phi) is 7.78. The molecule has 0 spiro atoms. The lowest BCUT2D eigenvalue weighted by molar-refractivity contribution is -0.140. The molecule has 0 saturated heterocycles. The van der Waals surface area contributed by atoms with Crippen LogP contribution in [0.3, 0.4) is 0 Å². The zero-order valence-electron chi connectivity index (χ0n) is 11.7. The van der Waals surface area contributed by atoms with E-state index < -0.39 is 12.0 Å². The van der Waals surface area contributed by atoms with Crippen molar-refractivity contribution >= 4 is 40.2 Å². The largest absolute Gasteiger partial charge is 0.480 e. The number of carbonyl (C=O) groups is 2. The number of thiocarbonyl (C=S) groups is 1. The SMILES string of the molecule is CC(=O)NC(CSC(=S)NCCc1ccccc1)C(=O)O. The van der Waals surface area contributed by atoms with Gasteiger partial charge in [-0.2, -0.15) is 0 Å². The average molecular weight is 326 g/mol. The second-order valence-corrected chi connectivity index (χ2v) is 6.05. The van der Waals surface area contributed by atoms with E-state index in [2.05, 4.69) is 10.6 Å². The number of carbonyl (C=O) groups excluding carboxylic acids is 1. The number of amides is 1. The van der Waals surface area contributed by atoms with Gasteiger partial charge in [0.2, 0.25) is 5.91 Å². The van der Waals surface area contributed by atoms with Gasteiger partial charge in [-0.05, 0) is 12.0 Å². The second kappa shape index (κ2) is 9.36. The molecule has 0 bridgehead atoms. The maximum absolute atomic E-state index is 11.0. The van der Waals surface area contributed by atoms with E-state index in [1.807, 2.05) is 30.3 Å². The summed E-state index contributed by atoms with van der Waals surface area (Å²) in [6.45, 7) is 1.98. The Labute approximate surface area is 133 Å². The number of carboxylic acids is 1. The number of hydrogen-bond acceptors (Lipinski definition) is 4. The van der Waals surface area contributed by atoms with Gasteiger partial charge < -0.3 is 15.7 Å². The molecule has 0 heterocycles. The molecule has 0 radical (unpaired) electrons. The second-order valence-electron chi connectivity index (χ2n) is 4.35. The van der Waals surface area contributed by atoms with Gasteiger partial charge in [0.15, 0.2) is 0 Å². The van der Waals surface area contributed by atoms with Crippen molar-refractivity contribution < 1.29 is 14.7 Å². The minimum atomic E-state index is -1.07. The number of rotatable bonds is 7. The third kappa shape index (κ3) is 7.67. The van der Waals surface area contributed by atoms with E-state index in [1.165, 1.54) is 24.2 Å². The van der Waals surface area contributed by atoms with Crippen molar-refractivity contribution in [3.05, 3.63) is 35.9 Å². The topological polar surface area (TPSA) is 78.4 Å². The lowest BCUT2D eigenvalue weighted by Gasteiger charge is -2.13. The van der Waals surface area contributed by atoms with Crippen molar-refractivity contribution in [1.29, 1.82) is 0 Å². The highest BCUT2D eigenvalue weighted by Gasteiger charge is 2.18. The van der Waals surface area contributed by atoms with Crippen molar-refractivity contribution in [3.63, 3.8) is 0 Å². The zero-order chi connectivity index (χ0) is 15.7. The third-order valence-corrected chi connectivity index (χ3v) is 3.99. The molecule has 1 unspecified atom stereocenters. The standard InChI is InChI=1S/C14H18N2O3S2/c1-10(17)16-12(13(18)19)9-21-14(20)15-8-7-11-5-3-2-4-6-11/h2-6,12H,7-9H2,1H3,(H,15,20)(H,16,17)(H,18,19). The fourth-order valence-corrected chi connectivity index (χ4v) is 2.64. The third-order valence-electron chi connectivity index (χ3n) is 2.58. The predicted molar refractivity (Wildman–Crippen MR) is 88.4 cm³/mol. The minimum Gasteiger partial charge on any atom is -0.480 e. The first-order valence-corrected chi connectivity index (χ1v) is 7.83. The molecule has 114 valence electrons. The number of carboxylic acid groups (broad SMARTS) is 1. The van der Waals surface area contributed by atoms with Crippen LogP contribution in [0.4, 0.5) is 0 Å². The molecule has 3 N–H and O–H groups in total. The molecule has 1 aromatic rings. The van der Waals surface area contributed by atoms with E-state index >= 15 is 0 Å². The van der Waals surface area contributed by atoms with Crippen molar-refractivity contribution in [2.75, 3.05) is 12.3 Å². The van der Waals surface area contributed by atoms with Gasteiger partial charge in [-0.15, -0.1) is 0 Å². The van der Waals surface area contributed by atoms with Gasteiger partial charge in [0.1, 0.15) is 10.4 Å². The molecule has 0 fully saturated rings. The van der Waals surface area contributed by atoms with Crippen LogP contribution in [0.2, 0.25) is 0 Å². The summed E-state index contributed by atoms with van der Waals surface area (Å²) in [6.07, 6.45) is 0.843. The first kappa shape index (κ1) is 17.5. The van der Waals surface area contributed by atoms with Gasteiger partial charge in [-0.1, -0.05) is 54.3 Å². The molecular weight excluding hydrogens is 308 g/mol. The summed E-state index contributed by atoms with van der Waals surface area (Å²) in [7, 11) is 0. The molecule has 7 heteroatoms. The molecule has 1 atom stereocenters. The van der Waals surface area contributed by atoms with E-state index in [1.54, 1.807) is 0 Å². The monoisotopic (exact) mass is 326 g/mol. The average Bonchev–Trinajstić information content (AvgIpc) is 2.44. The minimum absolute atomic E-state index is 0.200. The molecule has 0 aliphatic carbocycles. The van der Waals surface area contributed by atoms with Crippen LogP contribution in [-0.4, -0.2) is 39.6 Å².